The Morgan fingerprint density at radius 3 is 2.77 bits per heavy atom. The summed E-state index contributed by atoms with van der Waals surface area (Å²) >= 11 is 0. The Labute approximate surface area is 126 Å². The zero-order chi connectivity index (χ0) is 16.2. The van der Waals surface area contributed by atoms with Crippen LogP contribution in [-0.2, 0) is 10.9 Å². The molecule has 1 aromatic rings. The van der Waals surface area contributed by atoms with Crippen LogP contribution in [0.5, 0.6) is 5.75 Å². The second-order valence-electron chi connectivity index (χ2n) is 5.26. The van der Waals surface area contributed by atoms with Crippen molar-refractivity contribution in [2.24, 2.45) is 0 Å². The zero-order valence-corrected chi connectivity index (χ0v) is 11.9. The highest BCUT2D eigenvalue weighted by Gasteiger charge is 2.35. The highest BCUT2D eigenvalue weighted by Crippen LogP contribution is 2.33. The first-order valence-corrected chi connectivity index (χ1v) is 7.18. The summed E-state index contributed by atoms with van der Waals surface area (Å²) in [5, 5.41) is 11.8. The number of hydrogen-bond acceptors (Lipinski definition) is 3. The Morgan fingerprint density at radius 2 is 2.14 bits per heavy atom. The largest absolute Gasteiger partial charge is 0.508 e. The lowest BCUT2D eigenvalue weighted by molar-refractivity contribution is -0.137. The third-order valence-electron chi connectivity index (χ3n) is 3.58. The summed E-state index contributed by atoms with van der Waals surface area (Å²) in [5.74, 6) is -1.23. The van der Waals surface area contributed by atoms with Crippen LogP contribution < -0.4 is 5.32 Å². The van der Waals surface area contributed by atoms with Crippen LogP contribution in [0.2, 0.25) is 0 Å². The van der Waals surface area contributed by atoms with Crippen molar-refractivity contribution in [1.82, 2.24) is 5.32 Å². The average Bonchev–Trinajstić information content (AvgIpc) is 2.47. The van der Waals surface area contributed by atoms with Crippen LogP contribution in [0, 0.1) is 0 Å². The minimum absolute atomic E-state index is 0.0420. The topological polar surface area (TPSA) is 58.6 Å². The van der Waals surface area contributed by atoms with E-state index in [2.05, 4.69) is 5.32 Å². The number of nitrogens with one attached hydrogen (secondary N) is 1. The molecule has 4 nitrogen and oxygen atoms in total. The van der Waals surface area contributed by atoms with Gasteiger partial charge in [0, 0.05) is 13.2 Å². The van der Waals surface area contributed by atoms with E-state index in [4.69, 9.17) is 4.74 Å². The highest BCUT2D eigenvalue weighted by molar-refractivity contribution is 5.96. The maximum absolute atomic E-state index is 12.9. The van der Waals surface area contributed by atoms with Crippen molar-refractivity contribution >= 4 is 5.91 Å². The number of hydrogen-bond donors (Lipinski definition) is 2. The average molecular weight is 317 g/mol. The van der Waals surface area contributed by atoms with Gasteiger partial charge in [-0.15, -0.1) is 0 Å². The standard InChI is InChI=1S/C15H18F3NO3/c16-15(17,18)13-5-4-10(20)9-12(13)14(21)19-7-6-11-3-1-2-8-22-11/h4-5,9,11,20H,1-3,6-8H2,(H,19,21). The molecule has 1 amide bonds. The van der Waals surface area contributed by atoms with Gasteiger partial charge >= 0.3 is 6.18 Å². The number of ether oxygens (including phenoxy) is 1. The molecule has 0 radical (unpaired) electrons. The Hall–Kier alpha value is -1.76. The van der Waals surface area contributed by atoms with Crippen molar-refractivity contribution in [2.75, 3.05) is 13.2 Å². The van der Waals surface area contributed by atoms with E-state index in [1.54, 1.807) is 0 Å². The number of phenols is 1. The van der Waals surface area contributed by atoms with Crippen LogP contribution in [0.4, 0.5) is 13.2 Å². The molecule has 0 spiro atoms. The second-order valence-corrected chi connectivity index (χ2v) is 5.26. The van der Waals surface area contributed by atoms with E-state index in [0.717, 1.165) is 31.4 Å². The number of carbonyl (C=O) groups is 1. The molecule has 1 atom stereocenters. The fraction of sp³-hybridized carbons (Fsp3) is 0.533. The van der Waals surface area contributed by atoms with E-state index < -0.39 is 23.2 Å². The van der Waals surface area contributed by atoms with Gasteiger partial charge in [-0.2, -0.15) is 13.2 Å². The van der Waals surface area contributed by atoms with E-state index in [-0.39, 0.29) is 18.4 Å². The molecular weight excluding hydrogens is 299 g/mol. The lowest BCUT2D eigenvalue weighted by Crippen LogP contribution is -2.30. The minimum atomic E-state index is -4.65. The zero-order valence-electron chi connectivity index (χ0n) is 11.9. The lowest BCUT2D eigenvalue weighted by Gasteiger charge is -2.22. The van der Waals surface area contributed by atoms with E-state index >= 15 is 0 Å². The number of amides is 1. The van der Waals surface area contributed by atoms with Gasteiger partial charge in [-0.25, -0.2) is 0 Å². The van der Waals surface area contributed by atoms with Crippen LogP contribution in [0.3, 0.4) is 0 Å². The first-order chi connectivity index (χ1) is 10.4. The van der Waals surface area contributed by atoms with E-state index in [9.17, 15) is 23.1 Å². The molecule has 122 valence electrons. The van der Waals surface area contributed by atoms with Crippen molar-refractivity contribution in [1.29, 1.82) is 0 Å². The van der Waals surface area contributed by atoms with Crippen molar-refractivity contribution in [3.05, 3.63) is 29.3 Å². The van der Waals surface area contributed by atoms with Gasteiger partial charge in [0.25, 0.3) is 5.91 Å². The van der Waals surface area contributed by atoms with E-state index in [0.29, 0.717) is 19.1 Å². The van der Waals surface area contributed by atoms with Gasteiger partial charge in [0.05, 0.1) is 17.2 Å². The Kier molecular flexibility index (Phi) is 5.28. The Bertz CT molecular complexity index is 525. The first kappa shape index (κ1) is 16.6. The van der Waals surface area contributed by atoms with Gasteiger partial charge in [0.15, 0.2) is 0 Å². The van der Waals surface area contributed by atoms with Gasteiger partial charge in [-0.1, -0.05) is 0 Å². The molecule has 1 aliphatic heterocycles. The first-order valence-electron chi connectivity index (χ1n) is 7.18. The molecule has 1 aromatic carbocycles. The summed E-state index contributed by atoms with van der Waals surface area (Å²) in [5.41, 5.74) is -1.63. The molecule has 22 heavy (non-hydrogen) atoms. The summed E-state index contributed by atoms with van der Waals surface area (Å²) in [6.45, 7) is 0.917. The van der Waals surface area contributed by atoms with Crippen LogP contribution in [-0.4, -0.2) is 30.3 Å². The predicted molar refractivity (Wildman–Crippen MR) is 73.7 cm³/mol. The van der Waals surface area contributed by atoms with Crippen molar-refractivity contribution < 1.29 is 27.8 Å². The second kappa shape index (κ2) is 7.00. The monoisotopic (exact) mass is 317 g/mol. The number of rotatable bonds is 4. The van der Waals surface area contributed by atoms with Crippen LogP contribution in [0.1, 0.15) is 41.6 Å². The van der Waals surface area contributed by atoms with Crippen LogP contribution >= 0.6 is 0 Å². The molecule has 2 N–H and O–H groups in total. The molecule has 1 aliphatic rings. The van der Waals surface area contributed by atoms with E-state index in [1.807, 2.05) is 0 Å². The summed E-state index contributed by atoms with van der Waals surface area (Å²) in [6.07, 6.45) is -1.07. The fourth-order valence-corrected chi connectivity index (χ4v) is 2.44. The minimum Gasteiger partial charge on any atom is -0.508 e. The fourth-order valence-electron chi connectivity index (χ4n) is 2.44. The smallest absolute Gasteiger partial charge is 0.417 e. The normalized spacial score (nSPS) is 19.0. The number of phenolic OH excluding ortho intramolecular Hbond substituents is 1. The molecular formula is C15H18F3NO3. The molecule has 1 unspecified atom stereocenters. The summed E-state index contributed by atoms with van der Waals surface area (Å²) in [6, 6.07) is 2.44. The molecule has 1 fully saturated rings. The van der Waals surface area contributed by atoms with Gasteiger partial charge < -0.3 is 15.2 Å². The van der Waals surface area contributed by atoms with E-state index in [1.165, 1.54) is 0 Å². The Balaban J connectivity index is 1.98. The SMILES string of the molecule is O=C(NCCC1CCCCO1)c1cc(O)ccc1C(F)(F)F. The molecule has 0 aromatic heterocycles. The summed E-state index contributed by atoms with van der Waals surface area (Å²) in [4.78, 5) is 11.9. The number of aromatic hydroxyl groups is 1. The van der Waals surface area contributed by atoms with Crippen molar-refractivity contribution in [3.63, 3.8) is 0 Å². The number of alkyl halides is 3. The molecule has 1 heterocycles. The molecule has 0 saturated carbocycles. The molecule has 7 heteroatoms. The van der Waals surface area contributed by atoms with Gasteiger partial charge in [0.2, 0.25) is 0 Å². The van der Waals surface area contributed by atoms with Crippen molar-refractivity contribution in [2.45, 2.75) is 38.0 Å². The molecule has 2 rings (SSSR count). The molecule has 0 bridgehead atoms. The highest BCUT2D eigenvalue weighted by atomic mass is 19.4. The maximum Gasteiger partial charge on any atom is 0.417 e. The predicted octanol–water partition coefficient (Wildman–Crippen LogP) is 3.10. The van der Waals surface area contributed by atoms with Crippen molar-refractivity contribution in [3.8, 4) is 5.75 Å². The van der Waals surface area contributed by atoms with Crippen LogP contribution in [0.15, 0.2) is 18.2 Å². The van der Waals surface area contributed by atoms with Gasteiger partial charge in [-0.05, 0) is 43.9 Å². The maximum atomic E-state index is 12.9. The third-order valence-corrected chi connectivity index (χ3v) is 3.58. The Morgan fingerprint density at radius 1 is 1.36 bits per heavy atom. The number of carbonyl (C=O) groups excluding carboxylic acids is 1. The van der Waals surface area contributed by atoms with Crippen LogP contribution in [0.25, 0.3) is 0 Å². The van der Waals surface area contributed by atoms with Gasteiger partial charge in [0.1, 0.15) is 5.75 Å². The quantitative estimate of drug-likeness (QED) is 0.897. The molecule has 1 saturated heterocycles. The third kappa shape index (κ3) is 4.37. The number of halogens is 3. The summed E-state index contributed by atoms with van der Waals surface area (Å²) < 4.78 is 44.1. The summed E-state index contributed by atoms with van der Waals surface area (Å²) in [7, 11) is 0. The molecule has 0 aliphatic carbocycles. The van der Waals surface area contributed by atoms with Gasteiger partial charge in [-0.3, -0.25) is 4.79 Å². The lowest BCUT2D eigenvalue weighted by atomic mass is 10.0. The number of benzene rings is 1.